The van der Waals surface area contributed by atoms with E-state index in [0.717, 1.165) is 22.0 Å². The molecule has 1 saturated heterocycles. The Kier molecular flexibility index (Phi) is 6.10. The van der Waals surface area contributed by atoms with Crippen LogP contribution in [0.3, 0.4) is 0 Å². The summed E-state index contributed by atoms with van der Waals surface area (Å²) >= 11 is 0. The van der Waals surface area contributed by atoms with E-state index in [1.165, 1.54) is 4.90 Å². The molecule has 6 nitrogen and oxygen atoms in total. The van der Waals surface area contributed by atoms with Crippen molar-refractivity contribution < 1.29 is 19.4 Å². The van der Waals surface area contributed by atoms with Gasteiger partial charge in [-0.1, -0.05) is 44.2 Å². The molecule has 5 rings (SSSR count). The normalized spacial score (nSPS) is 17.3. The van der Waals surface area contributed by atoms with E-state index >= 15 is 0 Å². The highest BCUT2D eigenvalue weighted by Crippen LogP contribution is 2.44. The van der Waals surface area contributed by atoms with Crippen LogP contribution in [0, 0.1) is 12.8 Å². The van der Waals surface area contributed by atoms with Crippen LogP contribution in [0.4, 0.5) is 5.69 Å². The first-order chi connectivity index (χ1) is 17.3. The van der Waals surface area contributed by atoms with Gasteiger partial charge in [0.05, 0.1) is 18.2 Å². The molecule has 1 aliphatic heterocycles. The van der Waals surface area contributed by atoms with E-state index in [1.54, 1.807) is 36.5 Å². The molecule has 3 aromatic carbocycles. The van der Waals surface area contributed by atoms with E-state index in [9.17, 15) is 14.7 Å². The van der Waals surface area contributed by atoms with Crippen molar-refractivity contribution in [2.45, 2.75) is 26.8 Å². The number of fused-ring (bicyclic) bond motifs is 1. The highest BCUT2D eigenvalue weighted by molar-refractivity contribution is 6.51. The standard InChI is InChI=1S/C30H28N2O4/c1-18(2)17-36-22-13-11-20(12-14-22)28(33)26-27(24-16-31-25-10-5-4-9-23(24)25)32(30(35)29(26)34)21-8-6-7-19(3)15-21/h4-16,18,27,31,33H,17H2,1-3H3/b28-26+. The third-order valence-corrected chi connectivity index (χ3v) is 6.35. The molecule has 6 heteroatoms. The number of carbonyl (C=O) groups excluding carboxylic acids is 2. The van der Waals surface area contributed by atoms with Gasteiger partial charge in [0.2, 0.25) is 0 Å². The second-order valence-corrected chi connectivity index (χ2v) is 9.53. The van der Waals surface area contributed by atoms with Crippen molar-refractivity contribution in [2.75, 3.05) is 11.5 Å². The number of ether oxygens (including phenoxy) is 1. The van der Waals surface area contributed by atoms with E-state index in [0.29, 0.717) is 29.5 Å². The van der Waals surface area contributed by atoms with Gasteiger partial charge in [-0.05, 0) is 60.9 Å². The molecule has 0 radical (unpaired) electrons. The number of para-hydroxylation sites is 1. The number of H-pyrrole nitrogens is 1. The summed E-state index contributed by atoms with van der Waals surface area (Å²) in [4.78, 5) is 31.6. The summed E-state index contributed by atoms with van der Waals surface area (Å²) in [6.45, 7) is 6.65. The van der Waals surface area contributed by atoms with E-state index < -0.39 is 17.7 Å². The van der Waals surface area contributed by atoms with E-state index in [-0.39, 0.29) is 11.3 Å². The number of nitrogens with zero attached hydrogens (tertiary/aromatic N) is 1. The lowest BCUT2D eigenvalue weighted by Crippen LogP contribution is -2.29. The smallest absolute Gasteiger partial charge is 0.300 e. The Labute approximate surface area is 209 Å². The molecule has 1 amide bonds. The summed E-state index contributed by atoms with van der Waals surface area (Å²) in [5, 5.41) is 12.3. The first-order valence-electron chi connectivity index (χ1n) is 12.0. The van der Waals surface area contributed by atoms with E-state index in [1.807, 2.05) is 49.4 Å². The Balaban J connectivity index is 1.66. The molecule has 0 saturated carbocycles. The van der Waals surface area contributed by atoms with Gasteiger partial charge in [0.1, 0.15) is 11.5 Å². The molecule has 1 fully saturated rings. The van der Waals surface area contributed by atoms with Crippen molar-refractivity contribution >= 4 is 34.0 Å². The van der Waals surface area contributed by atoms with Crippen LogP contribution in [-0.2, 0) is 9.59 Å². The monoisotopic (exact) mass is 480 g/mol. The minimum atomic E-state index is -0.792. The lowest BCUT2D eigenvalue weighted by molar-refractivity contribution is -0.132. The van der Waals surface area contributed by atoms with Crippen LogP contribution in [0.5, 0.6) is 5.75 Å². The zero-order valence-corrected chi connectivity index (χ0v) is 20.5. The van der Waals surface area contributed by atoms with Crippen molar-refractivity contribution in [3.8, 4) is 5.75 Å². The number of aliphatic hydroxyl groups is 1. The number of aromatic nitrogens is 1. The fourth-order valence-corrected chi connectivity index (χ4v) is 4.62. The largest absolute Gasteiger partial charge is 0.507 e. The number of aliphatic hydroxyl groups excluding tert-OH is 1. The summed E-state index contributed by atoms with van der Waals surface area (Å²) in [6, 6.07) is 21.3. The van der Waals surface area contributed by atoms with E-state index in [2.05, 4.69) is 18.8 Å². The molecule has 4 aromatic rings. The fourth-order valence-electron chi connectivity index (χ4n) is 4.62. The zero-order chi connectivity index (χ0) is 25.4. The summed E-state index contributed by atoms with van der Waals surface area (Å²) in [6.07, 6.45) is 1.81. The van der Waals surface area contributed by atoms with Gasteiger partial charge in [0.15, 0.2) is 0 Å². The molecule has 36 heavy (non-hydrogen) atoms. The van der Waals surface area contributed by atoms with Gasteiger partial charge in [-0.3, -0.25) is 14.5 Å². The van der Waals surface area contributed by atoms with Gasteiger partial charge in [0, 0.05) is 33.9 Å². The molecule has 2 heterocycles. The number of hydrogen-bond acceptors (Lipinski definition) is 4. The molecule has 1 unspecified atom stereocenters. The molecule has 1 aromatic heterocycles. The summed E-state index contributed by atoms with van der Waals surface area (Å²) in [5.41, 5.74) is 3.69. The first-order valence-corrected chi connectivity index (χ1v) is 12.0. The zero-order valence-electron chi connectivity index (χ0n) is 20.5. The van der Waals surface area contributed by atoms with Crippen LogP contribution in [-0.4, -0.2) is 28.4 Å². The molecule has 1 aliphatic rings. The van der Waals surface area contributed by atoms with Crippen molar-refractivity contribution in [3.05, 3.63) is 101 Å². The average Bonchev–Trinajstić information content (AvgIpc) is 3.41. The quantitative estimate of drug-likeness (QED) is 0.197. The minimum Gasteiger partial charge on any atom is -0.507 e. The lowest BCUT2D eigenvalue weighted by atomic mass is 9.94. The molecule has 1 atom stereocenters. The Bertz CT molecular complexity index is 1480. The summed E-state index contributed by atoms with van der Waals surface area (Å²) in [5.74, 6) is -0.548. The highest BCUT2D eigenvalue weighted by Gasteiger charge is 2.47. The maximum atomic E-state index is 13.4. The van der Waals surface area contributed by atoms with Crippen LogP contribution >= 0.6 is 0 Å². The van der Waals surface area contributed by atoms with Crippen molar-refractivity contribution in [1.29, 1.82) is 0 Å². The number of benzene rings is 3. The molecule has 2 N–H and O–H groups in total. The van der Waals surface area contributed by atoms with Crippen LogP contribution < -0.4 is 9.64 Å². The Morgan fingerprint density at radius 2 is 1.78 bits per heavy atom. The number of amides is 1. The number of Topliss-reactive ketones (excluding diaryl/α,β-unsaturated/α-hetero) is 1. The minimum absolute atomic E-state index is 0.0575. The predicted octanol–water partition coefficient (Wildman–Crippen LogP) is 6.14. The molecule has 0 spiro atoms. The second-order valence-electron chi connectivity index (χ2n) is 9.53. The molecule has 0 aliphatic carbocycles. The number of rotatable bonds is 6. The second kappa shape index (κ2) is 9.38. The van der Waals surface area contributed by atoms with Crippen LogP contribution in [0.25, 0.3) is 16.7 Å². The number of hydrogen-bond donors (Lipinski definition) is 2. The van der Waals surface area contributed by atoms with Crippen LogP contribution in [0.1, 0.15) is 36.6 Å². The summed E-state index contributed by atoms with van der Waals surface area (Å²) < 4.78 is 5.75. The van der Waals surface area contributed by atoms with Gasteiger partial charge >= 0.3 is 0 Å². The third-order valence-electron chi connectivity index (χ3n) is 6.35. The number of anilines is 1. The lowest BCUT2D eigenvalue weighted by Gasteiger charge is -2.25. The van der Waals surface area contributed by atoms with Crippen molar-refractivity contribution in [2.24, 2.45) is 5.92 Å². The molecular weight excluding hydrogens is 452 g/mol. The Morgan fingerprint density at radius 3 is 2.50 bits per heavy atom. The van der Waals surface area contributed by atoms with Crippen LogP contribution in [0.15, 0.2) is 84.6 Å². The number of aryl methyl sites for hydroxylation is 1. The van der Waals surface area contributed by atoms with Gasteiger partial charge in [0.25, 0.3) is 11.7 Å². The summed E-state index contributed by atoms with van der Waals surface area (Å²) in [7, 11) is 0. The molecule has 182 valence electrons. The van der Waals surface area contributed by atoms with Gasteiger partial charge < -0.3 is 14.8 Å². The fraction of sp³-hybridized carbons (Fsp3) is 0.200. The topological polar surface area (TPSA) is 82.6 Å². The van der Waals surface area contributed by atoms with E-state index in [4.69, 9.17) is 4.74 Å². The van der Waals surface area contributed by atoms with Crippen molar-refractivity contribution in [1.82, 2.24) is 4.98 Å². The Hall–Kier alpha value is -4.32. The number of aromatic amines is 1. The molecular formula is C30H28N2O4. The maximum absolute atomic E-state index is 13.4. The highest BCUT2D eigenvalue weighted by atomic mass is 16.5. The molecule has 0 bridgehead atoms. The number of ketones is 1. The maximum Gasteiger partial charge on any atom is 0.300 e. The predicted molar refractivity (Wildman–Crippen MR) is 141 cm³/mol. The Morgan fingerprint density at radius 1 is 1.03 bits per heavy atom. The first kappa shape index (κ1) is 23.4. The van der Waals surface area contributed by atoms with Gasteiger partial charge in [-0.2, -0.15) is 0 Å². The van der Waals surface area contributed by atoms with Gasteiger partial charge in [-0.25, -0.2) is 0 Å². The van der Waals surface area contributed by atoms with Crippen LogP contribution in [0.2, 0.25) is 0 Å². The third kappa shape index (κ3) is 4.15. The van der Waals surface area contributed by atoms with Crippen molar-refractivity contribution in [3.63, 3.8) is 0 Å². The average molecular weight is 481 g/mol. The van der Waals surface area contributed by atoms with Gasteiger partial charge in [-0.15, -0.1) is 0 Å². The number of carbonyl (C=O) groups is 2. The number of nitrogens with one attached hydrogen (secondary N) is 1. The SMILES string of the molecule is Cc1cccc(N2C(=O)C(=O)/C(=C(/O)c3ccc(OCC(C)C)cc3)C2c2c[nH]c3ccccc23)c1.